The quantitative estimate of drug-likeness (QED) is 0.150. The van der Waals surface area contributed by atoms with Crippen LogP contribution in [-0.2, 0) is 19.1 Å². The van der Waals surface area contributed by atoms with Gasteiger partial charge in [0.2, 0.25) is 0 Å². The summed E-state index contributed by atoms with van der Waals surface area (Å²) in [5, 5.41) is 15.6. The van der Waals surface area contributed by atoms with Gasteiger partial charge in [0.25, 0.3) is 5.69 Å². The Morgan fingerprint density at radius 3 is 2.26 bits per heavy atom. The molecule has 2 aromatic rings. The summed E-state index contributed by atoms with van der Waals surface area (Å²) in [4.78, 5) is 41.6. The summed E-state index contributed by atoms with van der Waals surface area (Å²) >= 11 is 12.5. The Balaban J connectivity index is 0.00000323. The number of carbonyl (C=O) groups excluding carboxylic acids is 2. The normalized spacial score (nSPS) is 17.0. The number of dihydropyridines is 1. The molecule has 1 fully saturated rings. The standard InChI is InChI=1S/C29H32Cl2N4O6.2ClH/c1-18-24(28(36)40-3)26(20-7-4-8-21(17-20)35(38)39)25(19(2)32-18)29(37)41-16-6-11-33-12-14-34(15-13-33)23-10-5-9-22(30)27(23)31;;/h4-5,7-10,17,26,32H,6,11-16H2,1-3H3;2*1H. The summed E-state index contributed by atoms with van der Waals surface area (Å²) in [5.74, 6) is -2.12. The molecule has 234 valence electrons. The maximum absolute atomic E-state index is 13.4. The largest absolute Gasteiger partial charge is 0.466 e. The number of allylic oxidation sites excluding steroid dienone is 2. The number of piperazine rings is 1. The molecule has 0 aliphatic carbocycles. The number of nitrogens with one attached hydrogen (secondary N) is 1. The van der Waals surface area contributed by atoms with Crippen molar-refractivity contribution in [2.75, 3.05) is 51.3 Å². The molecule has 0 saturated carbocycles. The number of anilines is 1. The third-order valence-corrected chi connectivity index (χ3v) is 8.10. The van der Waals surface area contributed by atoms with Crippen LogP contribution in [0.1, 0.15) is 31.7 Å². The van der Waals surface area contributed by atoms with Crippen LogP contribution < -0.4 is 10.2 Å². The average Bonchev–Trinajstić information content (AvgIpc) is 2.96. The second-order valence-electron chi connectivity index (χ2n) is 9.87. The maximum Gasteiger partial charge on any atom is 0.336 e. The number of non-ortho nitro benzene ring substituents is 1. The zero-order valence-corrected chi connectivity index (χ0v) is 27.1. The highest BCUT2D eigenvalue weighted by Crippen LogP contribution is 2.40. The van der Waals surface area contributed by atoms with Gasteiger partial charge in [-0.05, 0) is 38.0 Å². The SMILES string of the molecule is COC(=O)C1=C(C)NC(C)=C(C(=O)OCCCN2CCN(c3cccc(Cl)c3Cl)CC2)C1c1cccc([N+](=O)[O-])c1.Cl.Cl. The summed E-state index contributed by atoms with van der Waals surface area (Å²) in [6.45, 7) is 7.56. The van der Waals surface area contributed by atoms with Gasteiger partial charge in [-0.25, -0.2) is 9.59 Å². The topological polar surface area (TPSA) is 114 Å². The number of ether oxygens (including phenoxy) is 2. The zero-order chi connectivity index (χ0) is 29.7. The molecule has 2 heterocycles. The van der Waals surface area contributed by atoms with E-state index in [2.05, 4.69) is 15.1 Å². The number of nitrogens with zero attached hydrogens (tertiary/aromatic N) is 3. The average molecular weight is 676 g/mol. The molecular formula is C29H34Cl4N4O6. The van der Waals surface area contributed by atoms with Gasteiger partial charge in [-0.3, -0.25) is 15.0 Å². The minimum Gasteiger partial charge on any atom is -0.466 e. The van der Waals surface area contributed by atoms with Crippen LogP contribution in [0, 0.1) is 10.1 Å². The summed E-state index contributed by atoms with van der Waals surface area (Å²) in [7, 11) is 1.25. The molecule has 0 bridgehead atoms. The number of nitro groups is 1. The number of halogens is 4. The lowest BCUT2D eigenvalue weighted by atomic mass is 9.80. The van der Waals surface area contributed by atoms with Crippen LogP contribution in [0.25, 0.3) is 0 Å². The first-order chi connectivity index (χ1) is 19.6. The number of carbonyl (C=O) groups is 2. The number of hydrogen-bond donors (Lipinski definition) is 1. The van der Waals surface area contributed by atoms with Crippen LogP contribution in [0.4, 0.5) is 11.4 Å². The molecule has 0 radical (unpaired) electrons. The van der Waals surface area contributed by atoms with E-state index in [1.165, 1.54) is 25.3 Å². The Hall–Kier alpha value is -3.02. The number of rotatable bonds is 9. The van der Waals surface area contributed by atoms with E-state index in [0.29, 0.717) is 33.4 Å². The van der Waals surface area contributed by atoms with Crippen molar-refractivity contribution in [1.82, 2.24) is 10.2 Å². The van der Waals surface area contributed by atoms with Gasteiger partial charge in [-0.1, -0.05) is 41.4 Å². The molecule has 1 atom stereocenters. The minimum absolute atomic E-state index is 0. The molecular weight excluding hydrogens is 642 g/mol. The van der Waals surface area contributed by atoms with Crippen LogP contribution in [-0.4, -0.2) is 68.2 Å². The molecule has 0 aromatic heterocycles. The van der Waals surface area contributed by atoms with Crippen molar-refractivity contribution in [3.63, 3.8) is 0 Å². The van der Waals surface area contributed by atoms with Gasteiger partial charge in [0.1, 0.15) is 0 Å². The molecule has 10 nitrogen and oxygen atoms in total. The molecule has 2 aliphatic rings. The van der Waals surface area contributed by atoms with Gasteiger partial charge in [-0.15, -0.1) is 24.8 Å². The van der Waals surface area contributed by atoms with Crippen molar-refractivity contribution >= 4 is 71.3 Å². The minimum atomic E-state index is -0.887. The second-order valence-corrected chi connectivity index (χ2v) is 10.7. The summed E-state index contributed by atoms with van der Waals surface area (Å²) in [6.07, 6.45) is 0.615. The molecule has 2 aromatic carbocycles. The molecule has 0 spiro atoms. The molecule has 4 rings (SSSR count). The third-order valence-electron chi connectivity index (χ3n) is 7.30. The molecule has 14 heteroatoms. The lowest BCUT2D eigenvalue weighted by Crippen LogP contribution is -2.46. The van der Waals surface area contributed by atoms with Crippen molar-refractivity contribution in [3.05, 3.63) is 90.7 Å². The van der Waals surface area contributed by atoms with Crippen LogP contribution in [0.5, 0.6) is 0 Å². The van der Waals surface area contributed by atoms with E-state index in [-0.39, 0.29) is 48.3 Å². The van der Waals surface area contributed by atoms with Gasteiger partial charge >= 0.3 is 11.9 Å². The number of benzene rings is 2. The Morgan fingerprint density at radius 2 is 1.63 bits per heavy atom. The summed E-state index contributed by atoms with van der Waals surface area (Å²) < 4.78 is 10.7. The molecule has 0 amide bonds. The fourth-order valence-corrected chi connectivity index (χ4v) is 5.69. The predicted molar refractivity (Wildman–Crippen MR) is 172 cm³/mol. The van der Waals surface area contributed by atoms with E-state index in [0.717, 1.165) is 38.4 Å². The van der Waals surface area contributed by atoms with E-state index in [4.69, 9.17) is 32.7 Å². The summed E-state index contributed by atoms with van der Waals surface area (Å²) in [6, 6.07) is 11.5. The van der Waals surface area contributed by atoms with E-state index in [9.17, 15) is 19.7 Å². The smallest absolute Gasteiger partial charge is 0.336 e. The van der Waals surface area contributed by atoms with Crippen molar-refractivity contribution < 1.29 is 24.0 Å². The summed E-state index contributed by atoms with van der Waals surface area (Å²) in [5.41, 5.74) is 2.61. The first kappa shape index (κ1) is 36.2. The van der Waals surface area contributed by atoms with Gasteiger partial charge in [0.15, 0.2) is 0 Å². The van der Waals surface area contributed by atoms with Crippen LogP contribution in [0.15, 0.2) is 65.0 Å². The second kappa shape index (κ2) is 16.2. The molecule has 43 heavy (non-hydrogen) atoms. The monoisotopic (exact) mass is 674 g/mol. The van der Waals surface area contributed by atoms with Crippen LogP contribution in [0.3, 0.4) is 0 Å². The lowest BCUT2D eigenvalue weighted by Gasteiger charge is -2.36. The van der Waals surface area contributed by atoms with E-state index in [1.807, 2.05) is 12.1 Å². The highest BCUT2D eigenvalue weighted by molar-refractivity contribution is 6.43. The molecule has 1 saturated heterocycles. The fourth-order valence-electron chi connectivity index (χ4n) is 5.28. The zero-order valence-electron chi connectivity index (χ0n) is 23.9. The Kier molecular flexibility index (Phi) is 13.6. The van der Waals surface area contributed by atoms with E-state index in [1.54, 1.807) is 26.0 Å². The lowest BCUT2D eigenvalue weighted by molar-refractivity contribution is -0.384. The Labute approximate surface area is 272 Å². The fraction of sp³-hybridized carbons (Fsp3) is 0.379. The number of hydrogen-bond acceptors (Lipinski definition) is 9. The van der Waals surface area contributed by atoms with Gasteiger partial charge in [0.05, 0.1) is 51.4 Å². The first-order valence-electron chi connectivity index (χ1n) is 13.2. The molecule has 1 N–H and O–H groups in total. The van der Waals surface area contributed by atoms with Gasteiger partial charge in [-0.2, -0.15) is 0 Å². The van der Waals surface area contributed by atoms with Crippen molar-refractivity contribution in [3.8, 4) is 0 Å². The Bertz CT molecular complexity index is 1410. The first-order valence-corrected chi connectivity index (χ1v) is 14.0. The van der Waals surface area contributed by atoms with Crippen molar-refractivity contribution in [2.24, 2.45) is 0 Å². The maximum atomic E-state index is 13.4. The van der Waals surface area contributed by atoms with Crippen molar-refractivity contribution in [2.45, 2.75) is 26.2 Å². The molecule has 2 aliphatic heterocycles. The van der Waals surface area contributed by atoms with Gasteiger partial charge in [0, 0.05) is 56.3 Å². The van der Waals surface area contributed by atoms with E-state index >= 15 is 0 Å². The predicted octanol–water partition coefficient (Wildman–Crippen LogP) is 5.91. The number of nitro benzene ring substituents is 1. The number of methoxy groups -OCH3 is 1. The number of esters is 2. The highest BCUT2D eigenvalue weighted by atomic mass is 35.5. The molecule has 1 unspecified atom stereocenters. The van der Waals surface area contributed by atoms with Gasteiger partial charge < -0.3 is 19.7 Å². The van der Waals surface area contributed by atoms with Crippen molar-refractivity contribution in [1.29, 1.82) is 0 Å². The van der Waals surface area contributed by atoms with Crippen LogP contribution in [0.2, 0.25) is 10.0 Å². The Morgan fingerprint density at radius 1 is 1.00 bits per heavy atom. The highest BCUT2D eigenvalue weighted by Gasteiger charge is 2.38. The van der Waals surface area contributed by atoms with E-state index < -0.39 is 22.8 Å². The van der Waals surface area contributed by atoms with Crippen LogP contribution >= 0.6 is 48.0 Å². The third kappa shape index (κ3) is 8.33.